The Hall–Kier alpha value is -3.64. The van der Waals surface area contributed by atoms with Gasteiger partial charge < -0.3 is 26.0 Å². The molecule has 0 aromatic heterocycles. The molecule has 3 rings (SSSR count). The Morgan fingerprint density at radius 3 is 2.49 bits per heavy atom. The average molecular weight is 588 g/mol. The molecule has 1 unspecified atom stereocenters. The summed E-state index contributed by atoms with van der Waals surface area (Å²) in [5.41, 5.74) is 1.37. The average Bonchev–Trinajstić information content (AvgIpc) is 2.92. The molecule has 4 N–H and O–H groups in total. The van der Waals surface area contributed by atoms with Crippen LogP contribution in [0, 0.1) is 5.92 Å². The van der Waals surface area contributed by atoms with E-state index in [1.807, 2.05) is 45.0 Å². The van der Waals surface area contributed by atoms with E-state index < -0.39 is 33.9 Å². The number of anilines is 1. The van der Waals surface area contributed by atoms with Crippen molar-refractivity contribution in [1.82, 2.24) is 21.3 Å². The van der Waals surface area contributed by atoms with E-state index in [9.17, 15) is 22.8 Å². The number of amides is 3. The topological polar surface area (TPSA) is 146 Å². The molecule has 11 nitrogen and oxygen atoms in total. The second-order valence-corrected chi connectivity index (χ2v) is 12.6. The van der Waals surface area contributed by atoms with Crippen molar-refractivity contribution in [3.63, 3.8) is 0 Å². The molecule has 0 spiro atoms. The maximum Gasteiger partial charge on any atom is 0.251 e. The summed E-state index contributed by atoms with van der Waals surface area (Å²) in [6, 6.07) is 10.9. The SMILES string of the molecule is CCC(NC[C@@H]1Cc2cccc(c2)OCCNC(=O)c2cc(cc(N(C)S(C)(=O)=O)c2)C(=O)N1)C(=O)NCC(C)C. The Labute approximate surface area is 242 Å². The first-order valence-electron chi connectivity index (χ1n) is 13.8. The van der Waals surface area contributed by atoms with Crippen LogP contribution in [0.4, 0.5) is 5.69 Å². The summed E-state index contributed by atoms with van der Waals surface area (Å²) in [6.07, 6.45) is 2.04. The highest BCUT2D eigenvalue weighted by atomic mass is 32.2. The fraction of sp³-hybridized carbons (Fsp3) is 0.483. The Bertz CT molecular complexity index is 1350. The van der Waals surface area contributed by atoms with Gasteiger partial charge in [0.15, 0.2) is 0 Å². The van der Waals surface area contributed by atoms with E-state index in [1.165, 1.54) is 25.2 Å². The van der Waals surface area contributed by atoms with Crippen molar-refractivity contribution in [2.24, 2.45) is 5.92 Å². The molecule has 2 aromatic rings. The maximum absolute atomic E-state index is 13.6. The van der Waals surface area contributed by atoms with Gasteiger partial charge in [-0.25, -0.2) is 8.42 Å². The number of hydrogen-bond acceptors (Lipinski definition) is 7. The molecular formula is C29H41N5O6S. The van der Waals surface area contributed by atoms with Crippen molar-refractivity contribution in [1.29, 1.82) is 0 Å². The van der Waals surface area contributed by atoms with Gasteiger partial charge in [0.2, 0.25) is 15.9 Å². The molecule has 2 atom stereocenters. The molecule has 0 fully saturated rings. The van der Waals surface area contributed by atoms with Crippen LogP contribution < -0.4 is 30.3 Å². The van der Waals surface area contributed by atoms with Gasteiger partial charge in [0, 0.05) is 37.3 Å². The van der Waals surface area contributed by atoms with E-state index in [2.05, 4.69) is 21.3 Å². The summed E-state index contributed by atoms with van der Waals surface area (Å²) in [4.78, 5) is 39.2. The predicted molar refractivity (Wildman–Crippen MR) is 159 cm³/mol. The van der Waals surface area contributed by atoms with E-state index >= 15 is 0 Å². The number of carbonyl (C=O) groups excluding carboxylic acids is 3. The Morgan fingerprint density at radius 1 is 1.12 bits per heavy atom. The summed E-state index contributed by atoms with van der Waals surface area (Å²) >= 11 is 0. The molecule has 0 radical (unpaired) electrons. The highest BCUT2D eigenvalue weighted by molar-refractivity contribution is 7.92. The molecule has 0 saturated carbocycles. The number of carbonyl (C=O) groups is 3. The number of nitrogens with zero attached hydrogens (tertiary/aromatic N) is 1. The van der Waals surface area contributed by atoms with E-state index in [0.29, 0.717) is 37.6 Å². The third-order valence-corrected chi connectivity index (χ3v) is 7.90. The number of ether oxygens (including phenoxy) is 1. The van der Waals surface area contributed by atoms with Crippen LogP contribution in [0.5, 0.6) is 5.75 Å². The van der Waals surface area contributed by atoms with Crippen LogP contribution in [0.15, 0.2) is 42.5 Å². The zero-order valence-corrected chi connectivity index (χ0v) is 25.1. The summed E-state index contributed by atoms with van der Waals surface area (Å²) in [5.74, 6) is -0.104. The lowest BCUT2D eigenvalue weighted by Crippen LogP contribution is -2.50. The lowest BCUT2D eigenvalue weighted by molar-refractivity contribution is -0.123. The van der Waals surface area contributed by atoms with E-state index in [0.717, 1.165) is 16.1 Å². The molecule has 1 aliphatic rings. The summed E-state index contributed by atoms with van der Waals surface area (Å²) < 4.78 is 31.3. The van der Waals surface area contributed by atoms with Crippen molar-refractivity contribution >= 4 is 33.4 Å². The minimum Gasteiger partial charge on any atom is -0.492 e. The molecule has 12 heteroatoms. The maximum atomic E-state index is 13.6. The number of rotatable bonds is 9. The molecule has 41 heavy (non-hydrogen) atoms. The lowest BCUT2D eigenvalue weighted by atomic mass is 10.0. The lowest BCUT2D eigenvalue weighted by Gasteiger charge is -2.24. The molecule has 1 heterocycles. The number of hydrogen-bond donors (Lipinski definition) is 4. The van der Waals surface area contributed by atoms with Gasteiger partial charge in [-0.3, -0.25) is 18.7 Å². The fourth-order valence-electron chi connectivity index (χ4n) is 4.31. The highest BCUT2D eigenvalue weighted by Crippen LogP contribution is 2.22. The first kappa shape index (κ1) is 31.9. The first-order chi connectivity index (χ1) is 19.4. The third kappa shape index (κ3) is 9.46. The first-order valence-corrected chi connectivity index (χ1v) is 15.6. The van der Waals surface area contributed by atoms with Crippen LogP contribution in [0.25, 0.3) is 0 Å². The molecule has 1 aliphatic heterocycles. The standard InChI is InChI=1S/C29H41N5O6S/c1-6-26(29(37)32-17-19(2)3)31-18-23-12-20-8-7-9-25(13-20)40-11-10-30-27(35)21-14-22(28(36)33-23)16-24(15-21)34(4)41(5,38)39/h7-9,13-16,19,23,26,31H,6,10-12,17-18H2,1-5H3,(H,30,35)(H,32,37)(H,33,36)/t23-,26?/m0/s1. The number of benzene rings is 2. The van der Waals surface area contributed by atoms with Crippen molar-refractivity contribution in [2.45, 2.75) is 45.7 Å². The highest BCUT2D eigenvalue weighted by Gasteiger charge is 2.23. The summed E-state index contributed by atoms with van der Waals surface area (Å²) in [7, 11) is -2.29. The summed E-state index contributed by atoms with van der Waals surface area (Å²) in [6.45, 7) is 7.25. The van der Waals surface area contributed by atoms with Gasteiger partial charge in [-0.15, -0.1) is 0 Å². The normalized spacial score (nSPS) is 16.9. The minimum absolute atomic E-state index is 0.104. The van der Waals surface area contributed by atoms with Crippen LogP contribution in [-0.2, 0) is 21.2 Å². The van der Waals surface area contributed by atoms with Gasteiger partial charge in [0.25, 0.3) is 11.8 Å². The van der Waals surface area contributed by atoms with Gasteiger partial charge in [0.05, 0.1) is 24.5 Å². The van der Waals surface area contributed by atoms with Crippen molar-refractivity contribution in [2.75, 3.05) is 43.8 Å². The predicted octanol–water partition coefficient (Wildman–Crippen LogP) is 1.69. The molecule has 0 aliphatic carbocycles. The Morgan fingerprint density at radius 2 is 1.83 bits per heavy atom. The van der Waals surface area contributed by atoms with Gasteiger partial charge >= 0.3 is 0 Å². The second-order valence-electron chi connectivity index (χ2n) is 10.6. The molecule has 224 valence electrons. The smallest absolute Gasteiger partial charge is 0.251 e. The number of nitrogens with one attached hydrogen (secondary N) is 4. The van der Waals surface area contributed by atoms with Crippen LogP contribution >= 0.6 is 0 Å². The zero-order valence-electron chi connectivity index (χ0n) is 24.3. The van der Waals surface area contributed by atoms with Crippen molar-refractivity contribution < 1.29 is 27.5 Å². The van der Waals surface area contributed by atoms with Crippen LogP contribution in [-0.4, -0.2) is 77.8 Å². The van der Waals surface area contributed by atoms with E-state index in [-0.39, 0.29) is 35.9 Å². The monoisotopic (exact) mass is 587 g/mol. The van der Waals surface area contributed by atoms with Gasteiger partial charge in [0.1, 0.15) is 12.4 Å². The molecule has 3 amide bonds. The Kier molecular flexibility index (Phi) is 11.1. The zero-order chi connectivity index (χ0) is 30.2. The minimum atomic E-state index is -3.65. The van der Waals surface area contributed by atoms with Crippen LogP contribution in [0.2, 0.25) is 0 Å². The van der Waals surface area contributed by atoms with Crippen molar-refractivity contribution in [3.8, 4) is 5.75 Å². The van der Waals surface area contributed by atoms with Crippen LogP contribution in [0.3, 0.4) is 0 Å². The number of fused-ring (bicyclic) bond motifs is 4. The van der Waals surface area contributed by atoms with Gasteiger partial charge in [-0.2, -0.15) is 0 Å². The van der Waals surface area contributed by atoms with Gasteiger partial charge in [-0.05, 0) is 54.7 Å². The van der Waals surface area contributed by atoms with Gasteiger partial charge in [-0.1, -0.05) is 32.9 Å². The molecule has 0 saturated heterocycles. The number of sulfonamides is 1. The fourth-order valence-corrected chi connectivity index (χ4v) is 4.80. The Balaban J connectivity index is 1.94. The molecule has 4 bridgehead atoms. The van der Waals surface area contributed by atoms with Crippen molar-refractivity contribution in [3.05, 3.63) is 59.2 Å². The third-order valence-electron chi connectivity index (χ3n) is 6.70. The molecule has 2 aromatic carbocycles. The van der Waals surface area contributed by atoms with Crippen LogP contribution in [0.1, 0.15) is 53.5 Å². The van der Waals surface area contributed by atoms with E-state index in [4.69, 9.17) is 4.74 Å². The summed E-state index contributed by atoms with van der Waals surface area (Å²) in [5, 5.41) is 12.0. The second kappa shape index (κ2) is 14.3. The quantitative estimate of drug-likeness (QED) is 0.349. The van der Waals surface area contributed by atoms with E-state index in [1.54, 1.807) is 0 Å². The molecular weight excluding hydrogens is 546 g/mol. The largest absolute Gasteiger partial charge is 0.492 e.